The fourth-order valence-corrected chi connectivity index (χ4v) is 2.72. The number of nitriles is 1. The van der Waals surface area contributed by atoms with Crippen LogP contribution in [0.4, 0.5) is 5.69 Å². The SMILES string of the molecule is COCCn1c(C)cc(/C=C(\C#N)C(=O)OCC(=O)Nc2ccccc2)c1C. The van der Waals surface area contributed by atoms with Gasteiger partial charge in [-0.05, 0) is 43.7 Å². The number of hydrogen-bond donors (Lipinski definition) is 1. The number of aryl methyl sites for hydroxylation is 1. The molecule has 0 spiro atoms. The molecular formula is C21H23N3O4. The zero-order valence-corrected chi connectivity index (χ0v) is 16.2. The Balaban J connectivity index is 2.03. The van der Waals surface area contributed by atoms with E-state index < -0.39 is 18.5 Å². The molecule has 7 heteroatoms. The summed E-state index contributed by atoms with van der Waals surface area (Å²) < 4.78 is 12.1. The van der Waals surface area contributed by atoms with Crippen LogP contribution in [0.25, 0.3) is 6.08 Å². The maximum atomic E-state index is 12.2. The number of esters is 1. The summed E-state index contributed by atoms with van der Waals surface area (Å²) in [4.78, 5) is 24.1. The molecule has 2 aromatic rings. The Kier molecular flexibility index (Phi) is 7.55. The van der Waals surface area contributed by atoms with E-state index in [2.05, 4.69) is 5.32 Å². The summed E-state index contributed by atoms with van der Waals surface area (Å²) in [5.41, 5.74) is 3.09. The third kappa shape index (κ3) is 5.56. The van der Waals surface area contributed by atoms with Crippen LogP contribution in [0.5, 0.6) is 0 Å². The van der Waals surface area contributed by atoms with E-state index in [1.165, 1.54) is 6.08 Å². The molecule has 1 aromatic carbocycles. The van der Waals surface area contributed by atoms with E-state index in [4.69, 9.17) is 9.47 Å². The number of aromatic nitrogens is 1. The standard InChI is InChI=1S/C21H23N3O4/c1-15-11-17(16(2)24(15)9-10-27-3)12-18(13-22)21(26)28-14-20(25)23-19-7-5-4-6-8-19/h4-8,11-12H,9-10,14H2,1-3H3,(H,23,25)/b18-12+. The highest BCUT2D eigenvalue weighted by atomic mass is 16.5. The van der Waals surface area contributed by atoms with Gasteiger partial charge in [0.15, 0.2) is 6.61 Å². The highest BCUT2D eigenvalue weighted by Crippen LogP contribution is 2.18. The molecule has 0 aliphatic carbocycles. The van der Waals surface area contributed by atoms with Crippen LogP contribution in [0, 0.1) is 25.2 Å². The monoisotopic (exact) mass is 381 g/mol. The van der Waals surface area contributed by atoms with Gasteiger partial charge < -0.3 is 19.4 Å². The summed E-state index contributed by atoms with van der Waals surface area (Å²) in [6.45, 7) is 4.61. The minimum absolute atomic E-state index is 0.167. The Bertz CT molecular complexity index is 908. The lowest BCUT2D eigenvalue weighted by atomic mass is 10.1. The van der Waals surface area contributed by atoms with Crippen LogP contribution in [0.3, 0.4) is 0 Å². The zero-order valence-electron chi connectivity index (χ0n) is 16.2. The van der Waals surface area contributed by atoms with Crippen molar-refractivity contribution in [2.75, 3.05) is 25.6 Å². The number of ether oxygens (including phenoxy) is 2. The van der Waals surface area contributed by atoms with Gasteiger partial charge in [0.1, 0.15) is 11.6 Å². The van der Waals surface area contributed by atoms with Crippen LogP contribution >= 0.6 is 0 Å². The number of rotatable bonds is 8. The average molecular weight is 381 g/mol. The van der Waals surface area contributed by atoms with Crippen LogP contribution in [0.1, 0.15) is 17.0 Å². The highest BCUT2D eigenvalue weighted by molar-refractivity contribution is 6.00. The van der Waals surface area contributed by atoms with Crippen molar-refractivity contribution < 1.29 is 19.1 Å². The normalized spacial score (nSPS) is 11.0. The molecule has 0 aliphatic rings. The second-order valence-electron chi connectivity index (χ2n) is 6.13. The first kappa shape index (κ1) is 20.9. The molecule has 28 heavy (non-hydrogen) atoms. The average Bonchev–Trinajstić information content (AvgIpc) is 2.96. The quantitative estimate of drug-likeness (QED) is 0.431. The molecule has 1 heterocycles. The van der Waals surface area contributed by atoms with Gasteiger partial charge in [-0.2, -0.15) is 5.26 Å². The van der Waals surface area contributed by atoms with Crippen molar-refractivity contribution >= 4 is 23.6 Å². The second-order valence-corrected chi connectivity index (χ2v) is 6.13. The first-order valence-electron chi connectivity index (χ1n) is 8.75. The van der Waals surface area contributed by atoms with Crippen molar-refractivity contribution in [3.8, 4) is 6.07 Å². The number of carbonyl (C=O) groups is 2. The molecule has 0 saturated carbocycles. The van der Waals surface area contributed by atoms with Crippen LogP contribution < -0.4 is 5.32 Å². The Morgan fingerprint density at radius 3 is 2.61 bits per heavy atom. The fourth-order valence-electron chi connectivity index (χ4n) is 2.72. The van der Waals surface area contributed by atoms with E-state index >= 15 is 0 Å². The molecule has 1 aromatic heterocycles. The van der Waals surface area contributed by atoms with Gasteiger partial charge in [-0.1, -0.05) is 18.2 Å². The third-order valence-electron chi connectivity index (χ3n) is 4.16. The number of carbonyl (C=O) groups excluding carboxylic acids is 2. The van der Waals surface area contributed by atoms with Crippen molar-refractivity contribution in [3.63, 3.8) is 0 Å². The summed E-state index contributed by atoms with van der Waals surface area (Å²) in [6.07, 6.45) is 1.48. The minimum Gasteiger partial charge on any atom is -0.451 e. The van der Waals surface area contributed by atoms with Crippen LogP contribution in [0.2, 0.25) is 0 Å². The van der Waals surface area contributed by atoms with Crippen molar-refractivity contribution in [2.45, 2.75) is 20.4 Å². The lowest BCUT2D eigenvalue weighted by Crippen LogP contribution is -2.21. The summed E-state index contributed by atoms with van der Waals surface area (Å²) in [6, 6.07) is 12.6. The Morgan fingerprint density at radius 2 is 1.96 bits per heavy atom. The van der Waals surface area contributed by atoms with Gasteiger partial charge in [-0.15, -0.1) is 0 Å². The van der Waals surface area contributed by atoms with Crippen LogP contribution in [-0.4, -0.2) is 36.8 Å². The predicted molar refractivity (Wildman–Crippen MR) is 105 cm³/mol. The van der Waals surface area contributed by atoms with E-state index in [1.807, 2.05) is 36.6 Å². The number of para-hydroxylation sites is 1. The van der Waals surface area contributed by atoms with Crippen molar-refractivity contribution in [2.24, 2.45) is 0 Å². The molecule has 0 atom stereocenters. The van der Waals surface area contributed by atoms with Crippen molar-refractivity contribution in [3.05, 3.63) is 58.9 Å². The summed E-state index contributed by atoms with van der Waals surface area (Å²) in [5.74, 6) is -1.32. The lowest BCUT2D eigenvalue weighted by molar-refractivity contribution is -0.142. The van der Waals surface area contributed by atoms with Gasteiger partial charge in [-0.25, -0.2) is 4.79 Å². The number of methoxy groups -OCH3 is 1. The number of nitrogens with one attached hydrogen (secondary N) is 1. The first-order valence-corrected chi connectivity index (χ1v) is 8.75. The Morgan fingerprint density at radius 1 is 1.25 bits per heavy atom. The maximum absolute atomic E-state index is 12.2. The molecule has 2 rings (SSSR count). The van der Waals surface area contributed by atoms with E-state index in [1.54, 1.807) is 31.4 Å². The molecule has 1 amide bonds. The first-order chi connectivity index (χ1) is 13.5. The molecule has 0 unspecified atom stereocenters. The molecule has 7 nitrogen and oxygen atoms in total. The van der Waals surface area contributed by atoms with Gasteiger partial charge in [0.05, 0.1) is 6.61 Å². The molecule has 0 fully saturated rings. The number of amides is 1. The largest absolute Gasteiger partial charge is 0.451 e. The molecule has 0 bridgehead atoms. The third-order valence-corrected chi connectivity index (χ3v) is 4.16. The van der Waals surface area contributed by atoms with Gasteiger partial charge in [0.25, 0.3) is 5.91 Å². The van der Waals surface area contributed by atoms with Gasteiger partial charge in [0.2, 0.25) is 0 Å². The number of benzene rings is 1. The second kappa shape index (κ2) is 10.1. The molecule has 0 aliphatic heterocycles. The Labute approximate surface area is 164 Å². The van der Waals surface area contributed by atoms with Crippen LogP contribution in [0.15, 0.2) is 42.0 Å². The number of nitrogens with zero attached hydrogens (tertiary/aromatic N) is 2. The lowest BCUT2D eigenvalue weighted by Gasteiger charge is -2.08. The van der Waals surface area contributed by atoms with E-state index in [0.29, 0.717) is 18.8 Å². The van der Waals surface area contributed by atoms with Gasteiger partial charge in [0, 0.05) is 30.7 Å². The number of hydrogen-bond acceptors (Lipinski definition) is 5. The molecule has 0 radical (unpaired) electrons. The van der Waals surface area contributed by atoms with Crippen LogP contribution in [-0.2, 0) is 25.6 Å². The molecular weight excluding hydrogens is 358 g/mol. The van der Waals surface area contributed by atoms with Gasteiger partial charge in [-0.3, -0.25) is 4.79 Å². The molecule has 0 saturated heterocycles. The zero-order chi connectivity index (χ0) is 20.5. The summed E-state index contributed by atoms with van der Waals surface area (Å²) in [7, 11) is 1.63. The highest BCUT2D eigenvalue weighted by Gasteiger charge is 2.15. The van der Waals surface area contributed by atoms with Gasteiger partial charge >= 0.3 is 5.97 Å². The van der Waals surface area contributed by atoms with Crippen molar-refractivity contribution in [1.29, 1.82) is 5.26 Å². The smallest absolute Gasteiger partial charge is 0.349 e. The summed E-state index contributed by atoms with van der Waals surface area (Å²) >= 11 is 0. The maximum Gasteiger partial charge on any atom is 0.349 e. The Hall–Kier alpha value is -3.37. The minimum atomic E-state index is -0.840. The number of anilines is 1. The molecule has 1 N–H and O–H groups in total. The van der Waals surface area contributed by atoms with Crippen molar-refractivity contribution in [1.82, 2.24) is 4.57 Å². The topological polar surface area (TPSA) is 93.3 Å². The summed E-state index contributed by atoms with van der Waals surface area (Å²) in [5, 5.41) is 11.9. The molecule has 146 valence electrons. The van der Waals surface area contributed by atoms with E-state index in [0.717, 1.165) is 17.0 Å². The fraction of sp³-hybridized carbons (Fsp3) is 0.286. The predicted octanol–water partition coefficient (Wildman–Crippen LogP) is 2.84. The van der Waals surface area contributed by atoms with E-state index in [9.17, 15) is 14.9 Å². The van der Waals surface area contributed by atoms with E-state index in [-0.39, 0.29) is 5.57 Å².